The lowest BCUT2D eigenvalue weighted by Gasteiger charge is -2.31. The van der Waals surface area contributed by atoms with E-state index in [-0.39, 0.29) is 24.1 Å². The molecule has 23 heavy (non-hydrogen) atoms. The Morgan fingerprint density at radius 1 is 1.35 bits per heavy atom. The highest BCUT2D eigenvalue weighted by atomic mass is 19.4. The molecule has 5 nitrogen and oxygen atoms in total. The van der Waals surface area contributed by atoms with E-state index in [1.165, 1.54) is 6.33 Å². The number of nitrogens with zero attached hydrogens (tertiary/aromatic N) is 2. The average Bonchev–Trinajstić information content (AvgIpc) is 2.50. The third-order valence-electron chi connectivity index (χ3n) is 3.86. The van der Waals surface area contributed by atoms with E-state index in [2.05, 4.69) is 15.3 Å². The second-order valence-electron chi connectivity index (χ2n) is 5.76. The zero-order chi connectivity index (χ0) is 16.9. The molecule has 0 spiro atoms. The summed E-state index contributed by atoms with van der Waals surface area (Å²) in [4.78, 5) is 19.8. The summed E-state index contributed by atoms with van der Waals surface area (Å²) in [5.74, 6) is -0.464. The molecule has 0 unspecified atom stereocenters. The lowest BCUT2D eigenvalue weighted by molar-refractivity contribution is -0.193. The fourth-order valence-corrected chi connectivity index (χ4v) is 2.72. The minimum atomic E-state index is -4.33. The van der Waals surface area contributed by atoms with Gasteiger partial charge in [-0.3, -0.25) is 4.79 Å². The summed E-state index contributed by atoms with van der Waals surface area (Å²) in [5.41, 5.74) is 0.926. The molecular formula is C15H20F3N3O2. The monoisotopic (exact) mass is 331 g/mol. The summed E-state index contributed by atoms with van der Waals surface area (Å²) >= 11 is 0. The van der Waals surface area contributed by atoms with Crippen LogP contribution in [0, 0.1) is 12.8 Å². The average molecular weight is 331 g/mol. The molecule has 2 rings (SSSR count). The molecule has 1 aromatic rings. The van der Waals surface area contributed by atoms with Crippen LogP contribution in [0.3, 0.4) is 0 Å². The number of aromatic nitrogens is 2. The quantitative estimate of drug-likeness (QED) is 0.901. The van der Waals surface area contributed by atoms with Crippen molar-refractivity contribution in [2.24, 2.45) is 5.92 Å². The molecule has 1 aromatic heterocycles. The molecule has 0 radical (unpaired) electrons. The van der Waals surface area contributed by atoms with E-state index in [1.54, 1.807) is 13.0 Å². The molecule has 0 bridgehead atoms. The van der Waals surface area contributed by atoms with Gasteiger partial charge in [-0.25, -0.2) is 9.97 Å². The summed E-state index contributed by atoms with van der Waals surface area (Å²) in [5, 5.41) is 2.73. The molecule has 8 heteroatoms. The van der Waals surface area contributed by atoms with Gasteiger partial charge in [0.15, 0.2) is 0 Å². The van der Waals surface area contributed by atoms with Crippen LogP contribution in [0.15, 0.2) is 12.4 Å². The van der Waals surface area contributed by atoms with E-state index >= 15 is 0 Å². The molecule has 0 saturated heterocycles. The van der Waals surface area contributed by atoms with Gasteiger partial charge in [-0.2, -0.15) is 13.2 Å². The summed E-state index contributed by atoms with van der Waals surface area (Å²) in [6.45, 7) is 0.790. The number of ether oxygens (including phenoxy) is 1. The number of hydrogen-bond acceptors (Lipinski definition) is 4. The molecule has 1 aliphatic carbocycles. The van der Waals surface area contributed by atoms with Crippen LogP contribution in [-0.4, -0.2) is 41.3 Å². The van der Waals surface area contributed by atoms with Gasteiger partial charge in [-0.05, 0) is 25.8 Å². The number of halogens is 3. The van der Waals surface area contributed by atoms with Gasteiger partial charge < -0.3 is 10.1 Å². The van der Waals surface area contributed by atoms with Crippen LogP contribution in [0.25, 0.3) is 0 Å². The van der Waals surface area contributed by atoms with Crippen molar-refractivity contribution in [3.8, 4) is 0 Å². The van der Waals surface area contributed by atoms with Gasteiger partial charge in [0.05, 0.1) is 6.10 Å². The third-order valence-corrected chi connectivity index (χ3v) is 3.86. The SMILES string of the molecule is Cc1cc(C(=O)NC[C@@H]2CCCC[C@H]2OCC(F)(F)F)ncn1. The Hall–Kier alpha value is -1.70. The molecule has 1 amide bonds. The lowest BCUT2D eigenvalue weighted by atomic mass is 9.86. The number of rotatable bonds is 5. The molecule has 1 saturated carbocycles. The zero-order valence-electron chi connectivity index (χ0n) is 12.9. The Balaban J connectivity index is 1.87. The maximum atomic E-state index is 12.3. The van der Waals surface area contributed by atoms with Gasteiger partial charge in [-0.1, -0.05) is 12.8 Å². The Bertz CT molecular complexity index is 537. The highest BCUT2D eigenvalue weighted by Gasteiger charge is 2.33. The molecule has 1 N–H and O–H groups in total. The number of alkyl halides is 3. The van der Waals surface area contributed by atoms with E-state index in [0.29, 0.717) is 12.1 Å². The van der Waals surface area contributed by atoms with Crippen LogP contribution in [0.5, 0.6) is 0 Å². The van der Waals surface area contributed by atoms with Crippen molar-refractivity contribution >= 4 is 5.91 Å². The van der Waals surface area contributed by atoms with Crippen molar-refractivity contribution in [2.45, 2.75) is 44.9 Å². The van der Waals surface area contributed by atoms with Crippen molar-refractivity contribution in [2.75, 3.05) is 13.2 Å². The highest BCUT2D eigenvalue weighted by molar-refractivity contribution is 5.92. The molecular weight excluding hydrogens is 311 g/mol. The van der Waals surface area contributed by atoms with E-state index in [9.17, 15) is 18.0 Å². The van der Waals surface area contributed by atoms with Crippen LogP contribution in [0.1, 0.15) is 41.9 Å². The standard InChI is InChI=1S/C15H20F3N3O2/c1-10-6-12(21-9-20-10)14(22)19-7-11-4-2-3-5-13(11)23-8-15(16,17)18/h6,9,11,13H,2-5,7-8H2,1H3,(H,19,22)/t11-,13+/m0/s1. The Kier molecular flexibility index (Phi) is 5.92. The first-order chi connectivity index (χ1) is 10.8. The van der Waals surface area contributed by atoms with Crippen molar-refractivity contribution in [3.05, 3.63) is 23.8 Å². The summed E-state index contributed by atoms with van der Waals surface area (Å²) < 4.78 is 41.9. The number of carbonyl (C=O) groups is 1. The smallest absolute Gasteiger partial charge is 0.368 e. The largest absolute Gasteiger partial charge is 0.411 e. The lowest BCUT2D eigenvalue weighted by Crippen LogP contribution is -2.39. The van der Waals surface area contributed by atoms with Crippen LogP contribution >= 0.6 is 0 Å². The maximum absolute atomic E-state index is 12.3. The summed E-state index contributed by atoms with van der Waals surface area (Å²) in [6, 6.07) is 1.56. The summed E-state index contributed by atoms with van der Waals surface area (Å²) in [7, 11) is 0. The second-order valence-corrected chi connectivity index (χ2v) is 5.76. The fourth-order valence-electron chi connectivity index (χ4n) is 2.72. The van der Waals surface area contributed by atoms with E-state index in [1.807, 2.05) is 0 Å². The predicted octanol–water partition coefficient (Wildman–Crippen LogP) is 2.65. The van der Waals surface area contributed by atoms with E-state index in [0.717, 1.165) is 19.3 Å². The Morgan fingerprint density at radius 2 is 2.09 bits per heavy atom. The summed E-state index contributed by atoms with van der Waals surface area (Å²) in [6.07, 6.45) is -0.395. The first-order valence-corrected chi connectivity index (χ1v) is 7.60. The molecule has 1 heterocycles. The van der Waals surface area contributed by atoms with E-state index < -0.39 is 18.9 Å². The van der Waals surface area contributed by atoms with Gasteiger partial charge in [-0.15, -0.1) is 0 Å². The number of carbonyl (C=O) groups excluding carboxylic acids is 1. The fraction of sp³-hybridized carbons (Fsp3) is 0.667. The number of nitrogens with one attached hydrogen (secondary N) is 1. The molecule has 128 valence electrons. The molecule has 0 aliphatic heterocycles. The molecule has 0 aromatic carbocycles. The number of hydrogen-bond donors (Lipinski definition) is 1. The van der Waals surface area contributed by atoms with Gasteiger partial charge in [0.1, 0.15) is 18.6 Å². The molecule has 2 atom stereocenters. The molecule has 1 fully saturated rings. The number of aryl methyl sites for hydroxylation is 1. The van der Waals surface area contributed by atoms with Crippen molar-refractivity contribution in [1.82, 2.24) is 15.3 Å². The van der Waals surface area contributed by atoms with Gasteiger partial charge in [0.25, 0.3) is 5.91 Å². The van der Waals surface area contributed by atoms with Crippen LogP contribution in [-0.2, 0) is 4.74 Å². The Labute approximate surface area is 132 Å². The topological polar surface area (TPSA) is 64.1 Å². The zero-order valence-corrected chi connectivity index (χ0v) is 12.9. The van der Waals surface area contributed by atoms with Crippen LogP contribution in [0.2, 0.25) is 0 Å². The second kappa shape index (κ2) is 7.72. The van der Waals surface area contributed by atoms with Crippen LogP contribution in [0.4, 0.5) is 13.2 Å². The van der Waals surface area contributed by atoms with Crippen molar-refractivity contribution in [3.63, 3.8) is 0 Å². The maximum Gasteiger partial charge on any atom is 0.411 e. The van der Waals surface area contributed by atoms with Crippen molar-refractivity contribution < 1.29 is 22.7 Å². The number of amides is 1. The van der Waals surface area contributed by atoms with Crippen molar-refractivity contribution in [1.29, 1.82) is 0 Å². The van der Waals surface area contributed by atoms with Gasteiger partial charge >= 0.3 is 6.18 Å². The van der Waals surface area contributed by atoms with Crippen LogP contribution < -0.4 is 5.32 Å². The minimum absolute atomic E-state index is 0.113. The third kappa shape index (κ3) is 5.78. The Morgan fingerprint density at radius 3 is 2.78 bits per heavy atom. The first kappa shape index (κ1) is 17.7. The normalized spacial score (nSPS) is 21.9. The predicted molar refractivity (Wildman–Crippen MR) is 76.9 cm³/mol. The first-order valence-electron chi connectivity index (χ1n) is 7.60. The van der Waals surface area contributed by atoms with E-state index in [4.69, 9.17) is 4.74 Å². The molecule has 1 aliphatic rings. The van der Waals surface area contributed by atoms with Gasteiger partial charge in [0, 0.05) is 18.2 Å². The van der Waals surface area contributed by atoms with Gasteiger partial charge in [0.2, 0.25) is 0 Å². The highest BCUT2D eigenvalue weighted by Crippen LogP contribution is 2.28. The minimum Gasteiger partial charge on any atom is -0.368 e.